The van der Waals surface area contributed by atoms with Gasteiger partial charge in [-0.1, -0.05) is 28.1 Å². The predicted octanol–water partition coefficient (Wildman–Crippen LogP) is 4.33. The van der Waals surface area contributed by atoms with E-state index in [2.05, 4.69) is 15.9 Å². The molecule has 0 aromatic heterocycles. The minimum atomic E-state index is -0.393. The quantitative estimate of drug-likeness (QED) is 0.898. The second-order valence-corrected chi connectivity index (χ2v) is 5.35. The lowest BCUT2D eigenvalue weighted by Gasteiger charge is -2.11. The lowest BCUT2D eigenvalue weighted by molar-refractivity contribution is 0.303. The second-order valence-electron chi connectivity index (χ2n) is 4.50. The van der Waals surface area contributed by atoms with Crippen molar-refractivity contribution in [1.82, 2.24) is 0 Å². The molecule has 2 aromatic carbocycles. The van der Waals surface area contributed by atoms with Crippen LogP contribution in [-0.4, -0.2) is 0 Å². The number of hydrogen-bond donors (Lipinski definition) is 1. The molecule has 5 heteroatoms. The highest BCUT2D eigenvalue weighted by Gasteiger charge is 2.09. The van der Waals surface area contributed by atoms with Crippen molar-refractivity contribution in [3.63, 3.8) is 0 Å². The van der Waals surface area contributed by atoms with Crippen LogP contribution >= 0.6 is 15.9 Å². The summed E-state index contributed by atoms with van der Waals surface area (Å²) < 4.78 is 32.8. The van der Waals surface area contributed by atoms with Crippen molar-refractivity contribution in [1.29, 1.82) is 0 Å². The minimum absolute atomic E-state index is 0.220. The van der Waals surface area contributed by atoms with Crippen molar-refractivity contribution in [2.75, 3.05) is 0 Å². The molecule has 2 N–H and O–H groups in total. The fourth-order valence-corrected chi connectivity index (χ4v) is 2.23. The number of benzene rings is 2. The molecule has 0 aliphatic carbocycles. The summed E-state index contributed by atoms with van der Waals surface area (Å²) in [5, 5.41) is 0. The van der Waals surface area contributed by atoms with Gasteiger partial charge in [-0.2, -0.15) is 0 Å². The molecule has 0 radical (unpaired) electrons. The van der Waals surface area contributed by atoms with Gasteiger partial charge in [0, 0.05) is 27.7 Å². The lowest BCUT2D eigenvalue weighted by Crippen LogP contribution is -2.07. The highest BCUT2D eigenvalue weighted by molar-refractivity contribution is 9.10. The van der Waals surface area contributed by atoms with Gasteiger partial charge in [0.1, 0.15) is 24.0 Å². The Hall–Kier alpha value is -1.46. The average Bonchev–Trinajstić information content (AvgIpc) is 2.37. The van der Waals surface area contributed by atoms with Crippen LogP contribution in [0.1, 0.15) is 24.1 Å². The van der Waals surface area contributed by atoms with Crippen LogP contribution in [0, 0.1) is 11.6 Å². The third-order valence-electron chi connectivity index (χ3n) is 2.87. The van der Waals surface area contributed by atoms with Gasteiger partial charge in [0.15, 0.2) is 0 Å². The van der Waals surface area contributed by atoms with Gasteiger partial charge in [-0.3, -0.25) is 0 Å². The Kier molecular flexibility index (Phi) is 4.73. The molecule has 0 saturated heterocycles. The smallest absolute Gasteiger partial charge is 0.131 e. The van der Waals surface area contributed by atoms with Crippen LogP contribution in [0.3, 0.4) is 0 Å². The van der Waals surface area contributed by atoms with Crippen LogP contribution in [0.25, 0.3) is 0 Å². The van der Waals surface area contributed by atoms with Crippen LogP contribution in [-0.2, 0) is 6.61 Å². The van der Waals surface area contributed by atoms with E-state index in [0.29, 0.717) is 15.8 Å². The molecule has 0 aliphatic rings. The Morgan fingerprint density at radius 3 is 2.55 bits per heavy atom. The Morgan fingerprint density at radius 2 is 1.95 bits per heavy atom. The largest absolute Gasteiger partial charge is 0.489 e. The number of hydrogen-bond acceptors (Lipinski definition) is 2. The maximum Gasteiger partial charge on any atom is 0.131 e. The molecular formula is C15H14BrF2NO. The normalized spacial score (nSPS) is 12.2. The van der Waals surface area contributed by atoms with Gasteiger partial charge in [-0.25, -0.2) is 8.78 Å². The molecule has 0 heterocycles. The molecular weight excluding hydrogens is 328 g/mol. The van der Waals surface area contributed by atoms with Crippen molar-refractivity contribution in [3.05, 3.63) is 63.6 Å². The molecule has 0 fully saturated rings. The number of rotatable bonds is 4. The van der Waals surface area contributed by atoms with Gasteiger partial charge in [-0.15, -0.1) is 0 Å². The zero-order chi connectivity index (χ0) is 14.7. The maximum atomic E-state index is 13.7. The van der Waals surface area contributed by atoms with Crippen LogP contribution in [0.15, 0.2) is 40.9 Å². The van der Waals surface area contributed by atoms with E-state index in [1.807, 2.05) is 0 Å². The Bertz CT molecular complexity index is 617. The summed E-state index contributed by atoms with van der Waals surface area (Å²) in [4.78, 5) is 0. The van der Waals surface area contributed by atoms with Crippen LogP contribution < -0.4 is 10.5 Å². The van der Waals surface area contributed by atoms with Gasteiger partial charge in [0.05, 0.1) is 0 Å². The fraction of sp³-hybridized carbons (Fsp3) is 0.200. The van der Waals surface area contributed by atoms with Gasteiger partial charge < -0.3 is 10.5 Å². The van der Waals surface area contributed by atoms with Gasteiger partial charge >= 0.3 is 0 Å². The van der Waals surface area contributed by atoms with Crippen molar-refractivity contribution in [3.8, 4) is 5.75 Å². The van der Waals surface area contributed by atoms with Crippen molar-refractivity contribution in [2.24, 2.45) is 5.73 Å². The molecule has 0 bridgehead atoms. The highest BCUT2D eigenvalue weighted by atomic mass is 79.9. The van der Waals surface area contributed by atoms with E-state index in [9.17, 15) is 8.78 Å². The van der Waals surface area contributed by atoms with E-state index < -0.39 is 5.82 Å². The maximum absolute atomic E-state index is 13.7. The lowest BCUT2D eigenvalue weighted by atomic mass is 10.1. The Labute approximate surface area is 124 Å². The standard InChI is InChI=1S/C15H14BrF2NO/c1-9(19)13-5-4-12(7-15(13)18)20-8-10-2-3-11(17)6-14(10)16/h2-7,9H,8,19H2,1H3. The van der Waals surface area contributed by atoms with Gasteiger partial charge in [0.25, 0.3) is 0 Å². The van der Waals surface area contributed by atoms with E-state index in [0.717, 1.165) is 5.56 Å². The Morgan fingerprint density at radius 1 is 1.20 bits per heavy atom. The molecule has 2 aromatic rings. The summed E-state index contributed by atoms with van der Waals surface area (Å²) in [6, 6.07) is 8.54. The second kappa shape index (κ2) is 6.33. The summed E-state index contributed by atoms with van der Waals surface area (Å²) in [5.41, 5.74) is 6.87. The van der Waals surface area contributed by atoms with Crippen molar-refractivity contribution >= 4 is 15.9 Å². The number of nitrogens with two attached hydrogens (primary N) is 1. The zero-order valence-corrected chi connectivity index (χ0v) is 12.5. The van der Waals surface area contributed by atoms with Gasteiger partial charge in [0.2, 0.25) is 0 Å². The zero-order valence-electron chi connectivity index (χ0n) is 10.9. The molecule has 2 nitrogen and oxygen atoms in total. The monoisotopic (exact) mass is 341 g/mol. The van der Waals surface area contributed by atoms with Crippen molar-refractivity contribution in [2.45, 2.75) is 19.6 Å². The molecule has 1 unspecified atom stereocenters. The molecule has 0 amide bonds. The molecule has 106 valence electrons. The topological polar surface area (TPSA) is 35.2 Å². The van der Waals surface area contributed by atoms with E-state index in [-0.39, 0.29) is 18.5 Å². The molecule has 20 heavy (non-hydrogen) atoms. The third-order valence-corrected chi connectivity index (χ3v) is 3.61. The molecule has 0 spiro atoms. The Balaban J connectivity index is 2.09. The minimum Gasteiger partial charge on any atom is -0.489 e. The molecule has 0 aliphatic heterocycles. The first-order valence-electron chi connectivity index (χ1n) is 6.09. The molecule has 2 rings (SSSR count). The average molecular weight is 342 g/mol. The summed E-state index contributed by atoms with van der Waals surface area (Å²) >= 11 is 3.26. The SMILES string of the molecule is CC(N)c1ccc(OCc2ccc(F)cc2Br)cc1F. The summed E-state index contributed by atoms with van der Waals surface area (Å²) in [6.45, 7) is 1.94. The highest BCUT2D eigenvalue weighted by Crippen LogP contribution is 2.23. The van der Waals surface area contributed by atoms with Crippen LogP contribution in [0.5, 0.6) is 5.75 Å². The molecule has 0 saturated carbocycles. The van der Waals surface area contributed by atoms with E-state index in [1.54, 1.807) is 25.1 Å². The third kappa shape index (κ3) is 3.55. The van der Waals surface area contributed by atoms with Crippen LogP contribution in [0.2, 0.25) is 0 Å². The van der Waals surface area contributed by atoms with Crippen LogP contribution in [0.4, 0.5) is 8.78 Å². The molecule has 1 atom stereocenters. The fourth-order valence-electron chi connectivity index (χ4n) is 1.77. The predicted molar refractivity (Wildman–Crippen MR) is 77.4 cm³/mol. The number of halogens is 3. The van der Waals surface area contributed by atoms with Gasteiger partial charge in [-0.05, 0) is 25.1 Å². The van der Waals surface area contributed by atoms with Crippen molar-refractivity contribution < 1.29 is 13.5 Å². The summed E-state index contributed by atoms with van der Waals surface area (Å²) in [7, 11) is 0. The summed E-state index contributed by atoms with van der Waals surface area (Å²) in [5.74, 6) is -0.313. The number of ether oxygens (including phenoxy) is 1. The first-order chi connectivity index (χ1) is 9.47. The van der Waals surface area contributed by atoms with E-state index >= 15 is 0 Å². The summed E-state index contributed by atoms with van der Waals surface area (Å²) in [6.07, 6.45) is 0. The van der Waals surface area contributed by atoms with E-state index in [4.69, 9.17) is 10.5 Å². The van der Waals surface area contributed by atoms with E-state index in [1.165, 1.54) is 18.2 Å². The first-order valence-corrected chi connectivity index (χ1v) is 6.88. The first kappa shape index (κ1) is 14.9.